The molecule has 0 atom stereocenters. The summed E-state index contributed by atoms with van der Waals surface area (Å²) in [5, 5.41) is 9.47. The van der Waals surface area contributed by atoms with Gasteiger partial charge in [0, 0.05) is 13.1 Å². The molecule has 1 aliphatic heterocycles. The summed E-state index contributed by atoms with van der Waals surface area (Å²) >= 11 is 0. The van der Waals surface area contributed by atoms with Crippen LogP contribution in [0.4, 0.5) is 0 Å². The molecule has 1 saturated heterocycles. The van der Waals surface area contributed by atoms with E-state index in [2.05, 4.69) is 0 Å². The van der Waals surface area contributed by atoms with Gasteiger partial charge in [-0.2, -0.15) is 4.31 Å². The lowest BCUT2D eigenvalue weighted by Gasteiger charge is -2.27. The van der Waals surface area contributed by atoms with E-state index in [-0.39, 0.29) is 5.75 Å². The first kappa shape index (κ1) is 13.3. The van der Waals surface area contributed by atoms with Crippen LogP contribution in [-0.2, 0) is 14.8 Å². The zero-order chi connectivity index (χ0) is 13.3. The van der Waals surface area contributed by atoms with Crippen molar-refractivity contribution in [3.63, 3.8) is 0 Å². The van der Waals surface area contributed by atoms with Crippen LogP contribution in [0.5, 0.6) is 5.75 Å². The Labute approximate surface area is 107 Å². The molecular weight excluding hydrogens is 254 g/mol. The summed E-state index contributed by atoms with van der Waals surface area (Å²) in [6.07, 6.45) is 0. The Hall–Kier alpha value is -1.11. The van der Waals surface area contributed by atoms with Crippen LogP contribution in [0.3, 0.4) is 0 Å². The third-order valence-electron chi connectivity index (χ3n) is 3.01. The molecule has 0 radical (unpaired) electrons. The maximum atomic E-state index is 12.5. The maximum Gasteiger partial charge on any atom is 0.243 e. The third kappa shape index (κ3) is 2.36. The molecule has 1 N–H and O–H groups in total. The van der Waals surface area contributed by atoms with Crippen molar-refractivity contribution in [2.24, 2.45) is 0 Å². The molecule has 2 rings (SSSR count). The Balaban J connectivity index is 2.47. The molecule has 0 aliphatic carbocycles. The zero-order valence-electron chi connectivity index (χ0n) is 10.5. The zero-order valence-corrected chi connectivity index (χ0v) is 11.3. The molecule has 1 heterocycles. The van der Waals surface area contributed by atoms with Gasteiger partial charge in [0.15, 0.2) is 0 Å². The lowest BCUT2D eigenvalue weighted by molar-refractivity contribution is 0.0730. The molecule has 0 bridgehead atoms. The standard InChI is InChI=1S/C12H17NO4S/c1-9-7-11(14)8-10(2)12(9)18(15,16)13-3-5-17-6-4-13/h7-8,14H,3-6H2,1-2H3. The fourth-order valence-corrected chi connectivity index (χ4v) is 4.07. The lowest BCUT2D eigenvalue weighted by atomic mass is 10.1. The van der Waals surface area contributed by atoms with Gasteiger partial charge in [0.05, 0.1) is 18.1 Å². The van der Waals surface area contributed by atoms with Crippen molar-refractivity contribution in [3.05, 3.63) is 23.3 Å². The number of aromatic hydroxyl groups is 1. The highest BCUT2D eigenvalue weighted by Crippen LogP contribution is 2.27. The van der Waals surface area contributed by atoms with Gasteiger partial charge in [-0.15, -0.1) is 0 Å². The van der Waals surface area contributed by atoms with Gasteiger partial charge in [0.2, 0.25) is 10.0 Å². The van der Waals surface area contributed by atoms with Crippen LogP contribution in [-0.4, -0.2) is 44.1 Å². The number of morpholine rings is 1. The minimum atomic E-state index is -3.50. The monoisotopic (exact) mass is 271 g/mol. The highest BCUT2D eigenvalue weighted by Gasteiger charge is 2.29. The number of nitrogens with zero attached hydrogens (tertiary/aromatic N) is 1. The maximum absolute atomic E-state index is 12.5. The van der Waals surface area contributed by atoms with E-state index in [0.29, 0.717) is 42.3 Å². The van der Waals surface area contributed by atoms with Crippen molar-refractivity contribution in [1.82, 2.24) is 4.31 Å². The van der Waals surface area contributed by atoms with Gasteiger partial charge in [-0.1, -0.05) is 0 Å². The number of benzene rings is 1. The van der Waals surface area contributed by atoms with Gasteiger partial charge >= 0.3 is 0 Å². The predicted octanol–water partition coefficient (Wildman–Crippen LogP) is 1.03. The number of ether oxygens (including phenoxy) is 1. The van der Waals surface area contributed by atoms with Crippen molar-refractivity contribution in [1.29, 1.82) is 0 Å². The average molecular weight is 271 g/mol. The van der Waals surface area contributed by atoms with E-state index in [4.69, 9.17) is 4.74 Å². The largest absolute Gasteiger partial charge is 0.508 e. The van der Waals surface area contributed by atoms with Crippen molar-refractivity contribution in [2.75, 3.05) is 26.3 Å². The number of hydrogen-bond acceptors (Lipinski definition) is 4. The molecule has 1 aromatic carbocycles. The summed E-state index contributed by atoms with van der Waals surface area (Å²) in [5.41, 5.74) is 1.14. The Kier molecular flexibility index (Phi) is 3.61. The van der Waals surface area contributed by atoms with E-state index in [1.165, 1.54) is 16.4 Å². The molecule has 0 aromatic heterocycles. The average Bonchev–Trinajstić information content (AvgIpc) is 2.28. The number of hydrogen-bond donors (Lipinski definition) is 1. The number of rotatable bonds is 2. The fraction of sp³-hybridized carbons (Fsp3) is 0.500. The third-order valence-corrected chi connectivity index (χ3v) is 5.22. The molecule has 1 aromatic rings. The lowest BCUT2D eigenvalue weighted by Crippen LogP contribution is -2.41. The van der Waals surface area contributed by atoms with Gasteiger partial charge in [0.25, 0.3) is 0 Å². The van der Waals surface area contributed by atoms with Crippen LogP contribution in [0, 0.1) is 13.8 Å². The molecule has 5 nitrogen and oxygen atoms in total. The first-order valence-electron chi connectivity index (χ1n) is 5.81. The summed E-state index contributed by atoms with van der Waals surface area (Å²) in [6, 6.07) is 2.95. The summed E-state index contributed by atoms with van der Waals surface area (Å²) in [6.45, 7) is 5.00. The van der Waals surface area contributed by atoms with Crippen LogP contribution in [0.15, 0.2) is 17.0 Å². The van der Waals surface area contributed by atoms with Crippen molar-refractivity contribution in [2.45, 2.75) is 18.7 Å². The Morgan fingerprint density at radius 2 is 1.67 bits per heavy atom. The van der Waals surface area contributed by atoms with E-state index in [9.17, 15) is 13.5 Å². The minimum Gasteiger partial charge on any atom is -0.508 e. The van der Waals surface area contributed by atoms with Gasteiger partial charge in [-0.25, -0.2) is 8.42 Å². The van der Waals surface area contributed by atoms with E-state index >= 15 is 0 Å². The van der Waals surface area contributed by atoms with Crippen LogP contribution in [0.2, 0.25) is 0 Å². The SMILES string of the molecule is Cc1cc(O)cc(C)c1S(=O)(=O)N1CCOCC1. The van der Waals surface area contributed by atoms with Gasteiger partial charge < -0.3 is 9.84 Å². The van der Waals surface area contributed by atoms with E-state index in [0.717, 1.165) is 0 Å². The molecule has 0 saturated carbocycles. The first-order valence-corrected chi connectivity index (χ1v) is 7.25. The second kappa shape index (κ2) is 4.87. The Morgan fingerprint density at radius 3 is 2.17 bits per heavy atom. The Morgan fingerprint density at radius 1 is 1.17 bits per heavy atom. The summed E-state index contributed by atoms with van der Waals surface area (Å²) in [4.78, 5) is 0.294. The van der Waals surface area contributed by atoms with Crippen LogP contribution in [0.1, 0.15) is 11.1 Å². The van der Waals surface area contributed by atoms with Crippen molar-refractivity contribution >= 4 is 10.0 Å². The summed E-state index contributed by atoms with van der Waals surface area (Å²) < 4.78 is 31.7. The predicted molar refractivity (Wildman–Crippen MR) is 67.2 cm³/mol. The number of aryl methyl sites for hydroxylation is 2. The van der Waals surface area contributed by atoms with Crippen LogP contribution < -0.4 is 0 Å². The summed E-state index contributed by atoms with van der Waals surface area (Å²) in [5.74, 6) is 0.0888. The molecule has 100 valence electrons. The molecule has 6 heteroatoms. The van der Waals surface area contributed by atoms with E-state index in [1.54, 1.807) is 13.8 Å². The molecule has 0 amide bonds. The van der Waals surface area contributed by atoms with Gasteiger partial charge in [0.1, 0.15) is 5.75 Å². The quantitative estimate of drug-likeness (QED) is 0.872. The second-order valence-corrected chi connectivity index (χ2v) is 6.30. The van der Waals surface area contributed by atoms with E-state index in [1.807, 2.05) is 0 Å². The smallest absolute Gasteiger partial charge is 0.243 e. The number of phenolic OH excluding ortho intramolecular Hbond substituents is 1. The first-order chi connectivity index (χ1) is 8.43. The molecule has 1 aliphatic rings. The fourth-order valence-electron chi connectivity index (χ4n) is 2.25. The highest BCUT2D eigenvalue weighted by atomic mass is 32.2. The van der Waals surface area contributed by atoms with Crippen molar-refractivity contribution in [3.8, 4) is 5.75 Å². The summed E-state index contributed by atoms with van der Waals surface area (Å²) in [7, 11) is -3.50. The molecule has 0 spiro atoms. The molecule has 0 unspecified atom stereocenters. The minimum absolute atomic E-state index is 0.0888. The molecule has 1 fully saturated rings. The normalized spacial score (nSPS) is 17.9. The van der Waals surface area contributed by atoms with Gasteiger partial charge in [-0.3, -0.25) is 0 Å². The Bertz CT molecular complexity index is 524. The second-order valence-electron chi connectivity index (χ2n) is 4.43. The number of phenols is 1. The van der Waals surface area contributed by atoms with E-state index < -0.39 is 10.0 Å². The highest BCUT2D eigenvalue weighted by molar-refractivity contribution is 7.89. The number of sulfonamides is 1. The van der Waals surface area contributed by atoms with Crippen LogP contribution >= 0.6 is 0 Å². The molecular formula is C12H17NO4S. The van der Waals surface area contributed by atoms with Crippen molar-refractivity contribution < 1.29 is 18.3 Å². The molecule has 18 heavy (non-hydrogen) atoms. The topological polar surface area (TPSA) is 66.8 Å². The van der Waals surface area contributed by atoms with Crippen LogP contribution in [0.25, 0.3) is 0 Å². The van der Waals surface area contributed by atoms with Gasteiger partial charge in [-0.05, 0) is 37.1 Å².